The van der Waals surface area contributed by atoms with Crippen molar-refractivity contribution in [1.82, 2.24) is 0 Å². The number of anilines is 1. The lowest BCUT2D eigenvalue weighted by atomic mass is 9.95. The summed E-state index contributed by atoms with van der Waals surface area (Å²) in [5.41, 5.74) is 2.54. The fraction of sp³-hybridized carbons (Fsp3) is 0.562. The molecule has 1 aromatic carbocycles. The first-order chi connectivity index (χ1) is 9.13. The van der Waals surface area contributed by atoms with Crippen LogP contribution in [0.4, 0.5) is 5.69 Å². The number of aryl methyl sites for hydroxylation is 1. The van der Waals surface area contributed by atoms with E-state index in [1.54, 1.807) is 0 Å². The number of benzene rings is 1. The summed E-state index contributed by atoms with van der Waals surface area (Å²) in [7, 11) is 1.48. The van der Waals surface area contributed by atoms with Crippen molar-refractivity contribution in [1.29, 1.82) is 0 Å². The number of nitrogens with zero attached hydrogens (tertiary/aromatic N) is 1. The Morgan fingerprint density at radius 3 is 2.84 bits per heavy atom. The second-order valence-electron chi connectivity index (χ2n) is 5.58. The maximum atomic E-state index is 12.0. The van der Waals surface area contributed by atoms with Gasteiger partial charge in [-0.25, -0.2) is 4.79 Å². The molecule has 1 atom stereocenters. The number of hydrogen-bond donors (Lipinski definition) is 0. The molecule has 0 saturated carbocycles. The second-order valence-corrected chi connectivity index (χ2v) is 5.58. The average molecular weight is 261 g/mol. The van der Waals surface area contributed by atoms with Gasteiger partial charge in [0.2, 0.25) is 0 Å². The average Bonchev–Trinajstić information content (AvgIpc) is 2.43. The van der Waals surface area contributed by atoms with Gasteiger partial charge >= 0.3 is 5.97 Å². The van der Waals surface area contributed by atoms with E-state index in [1.807, 2.05) is 6.07 Å². The standard InChI is InChI=1S/C16H23NO2/c1-12(2)10-11-17-14-7-5-4-6-13(14)8-9-15(17)16(18)19-3/h4-7,12,15H,8-11H2,1-3H3. The molecule has 1 aliphatic rings. The van der Waals surface area contributed by atoms with Crippen LogP contribution in [-0.2, 0) is 16.0 Å². The van der Waals surface area contributed by atoms with Crippen molar-refractivity contribution in [3.05, 3.63) is 29.8 Å². The van der Waals surface area contributed by atoms with Gasteiger partial charge in [-0.1, -0.05) is 32.0 Å². The Hall–Kier alpha value is -1.51. The van der Waals surface area contributed by atoms with Crippen molar-refractivity contribution >= 4 is 11.7 Å². The van der Waals surface area contributed by atoms with Crippen LogP contribution in [0.1, 0.15) is 32.3 Å². The Balaban J connectivity index is 2.25. The molecule has 0 radical (unpaired) electrons. The maximum Gasteiger partial charge on any atom is 0.328 e. The van der Waals surface area contributed by atoms with Crippen LogP contribution in [0, 0.1) is 5.92 Å². The third-order valence-electron chi connectivity index (χ3n) is 3.78. The van der Waals surface area contributed by atoms with Crippen molar-refractivity contribution in [3.8, 4) is 0 Å². The summed E-state index contributed by atoms with van der Waals surface area (Å²) in [4.78, 5) is 14.2. The van der Waals surface area contributed by atoms with E-state index in [2.05, 4.69) is 36.9 Å². The molecule has 0 spiro atoms. The molecular formula is C16H23NO2. The first kappa shape index (κ1) is 13.9. The maximum absolute atomic E-state index is 12.0. The van der Waals surface area contributed by atoms with Gasteiger partial charge in [-0.15, -0.1) is 0 Å². The molecule has 0 amide bonds. The molecule has 0 bridgehead atoms. The van der Waals surface area contributed by atoms with Gasteiger partial charge < -0.3 is 9.64 Å². The quantitative estimate of drug-likeness (QED) is 0.780. The van der Waals surface area contributed by atoms with E-state index in [4.69, 9.17) is 4.74 Å². The van der Waals surface area contributed by atoms with Gasteiger partial charge in [0.1, 0.15) is 6.04 Å². The highest BCUT2D eigenvalue weighted by Crippen LogP contribution is 2.31. The minimum atomic E-state index is -0.126. The minimum absolute atomic E-state index is 0.113. The van der Waals surface area contributed by atoms with Crippen molar-refractivity contribution in [2.24, 2.45) is 5.92 Å². The number of para-hydroxylation sites is 1. The zero-order valence-electron chi connectivity index (χ0n) is 12.1. The lowest BCUT2D eigenvalue weighted by molar-refractivity contribution is -0.142. The molecule has 104 valence electrons. The zero-order chi connectivity index (χ0) is 13.8. The third kappa shape index (κ3) is 3.09. The number of rotatable bonds is 4. The van der Waals surface area contributed by atoms with Gasteiger partial charge in [0.15, 0.2) is 0 Å². The van der Waals surface area contributed by atoms with E-state index < -0.39 is 0 Å². The summed E-state index contributed by atoms with van der Waals surface area (Å²) in [5.74, 6) is 0.519. The van der Waals surface area contributed by atoms with Crippen molar-refractivity contribution in [3.63, 3.8) is 0 Å². The van der Waals surface area contributed by atoms with Crippen LogP contribution in [0.3, 0.4) is 0 Å². The predicted octanol–water partition coefficient (Wildman–Crippen LogP) is 3.03. The highest BCUT2D eigenvalue weighted by molar-refractivity contribution is 5.81. The van der Waals surface area contributed by atoms with Crippen LogP contribution in [-0.4, -0.2) is 25.7 Å². The molecule has 0 aliphatic carbocycles. The SMILES string of the molecule is COC(=O)C1CCc2ccccc2N1CCC(C)C. The molecule has 1 aromatic rings. The van der Waals surface area contributed by atoms with Crippen molar-refractivity contribution in [2.75, 3.05) is 18.6 Å². The van der Waals surface area contributed by atoms with Gasteiger partial charge in [-0.2, -0.15) is 0 Å². The zero-order valence-corrected chi connectivity index (χ0v) is 12.1. The largest absolute Gasteiger partial charge is 0.467 e. The summed E-state index contributed by atoms with van der Waals surface area (Å²) >= 11 is 0. The van der Waals surface area contributed by atoms with E-state index in [9.17, 15) is 4.79 Å². The molecule has 19 heavy (non-hydrogen) atoms. The van der Waals surface area contributed by atoms with Crippen LogP contribution in [0.5, 0.6) is 0 Å². The minimum Gasteiger partial charge on any atom is -0.467 e. The molecule has 3 heteroatoms. The summed E-state index contributed by atoms with van der Waals surface area (Å²) in [6.07, 6.45) is 2.89. The van der Waals surface area contributed by atoms with Gasteiger partial charge in [-0.3, -0.25) is 0 Å². The Bertz CT molecular complexity index is 442. The van der Waals surface area contributed by atoms with Crippen molar-refractivity contribution in [2.45, 2.75) is 39.2 Å². The smallest absolute Gasteiger partial charge is 0.328 e. The number of fused-ring (bicyclic) bond motifs is 1. The first-order valence-corrected chi connectivity index (χ1v) is 7.06. The lowest BCUT2D eigenvalue weighted by Crippen LogP contribution is -2.46. The summed E-state index contributed by atoms with van der Waals surface area (Å²) in [5, 5.41) is 0. The topological polar surface area (TPSA) is 29.5 Å². The second kappa shape index (κ2) is 6.09. The number of carbonyl (C=O) groups excluding carboxylic acids is 1. The van der Waals surface area contributed by atoms with Gasteiger partial charge in [-0.05, 0) is 36.8 Å². The van der Waals surface area contributed by atoms with E-state index in [0.717, 1.165) is 25.8 Å². The van der Waals surface area contributed by atoms with E-state index in [-0.39, 0.29) is 12.0 Å². The highest BCUT2D eigenvalue weighted by Gasteiger charge is 2.31. The molecule has 0 N–H and O–H groups in total. The molecule has 0 aromatic heterocycles. The Kier molecular flexibility index (Phi) is 4.46. The van der Waals surface area contributed by atoms with Crippen LogP contribution in [0.15, 0.2) is 24.3 Å². The molecule has 2 rings (SSSR count). The molecule has 0 saturated heterocycles. The summed E-state index contributed by atoms with van der Waals surface area (Å²) < 4.78 is 4.96. The van der Waals surface area contributed by atoms with E-state index in [0.29, 0.717) is 5.92 Å². The van der Waals surface area contributed by atoms with Crippen molar-refractivity contribution < 1.29 is 9.53 Å². The number of ether oxygens (including phenoxy) is 1. The molecule has 3 nitrogen and oxygen atoms in total. The predicted molar refractivity (Wildman–Crippen MR) is 77.4 cm³/mol. The van der Waals surface area contributed by atoms with E-state index >= 15 is 0 Å². The fourth-order valence-electron chi connectivity index (χ4n) is 2.67. The summed E-state index contributed by atoms with van der Waals surface area (Å²) in [6.45, 7) is 5.33. The van der Waals surface area contributed by atoms with Crippen LogP contribution in [0.25, 0.3) is 0 Å². The Morgan fingerprint density at radius 1 is 1.42 bits per heavy atom. The van der Waals surface area contributed by atoms with Gasteiger partial charge in [0.25, 0.3) is 0 Å². The highest BCUT2D eigenvalue weighted by atomic mass is 16.5. The monoisotopic (exact) mass is 261 g/mol. The van der Waals surface area contributed by atoms with E-state index in [1.165, 1.54) is 18.4 Å². The molecule has 1 heterocycles. The molecule has 1 aliphatic heterocycles. The van der Waals surface area contributed by atoms with Crippen LogP contribution >= 0.6 is 0 Å². The molecular weight excluding hydrogens is 238 g/mol. The van der Waals surface area contributed by atoms with Crippen LogP contribution < -0.4 is 4.90 Å². The number of hydrogen-bond acceptors (Lipinski definition) is 3. The Labute approximate surface area is 115 Å². The first-order valence-electron chi connectivity index (χ1n) is 7.06. The van der Waals surface area contributed by atoms with Gasteiger partial charge in [0, 0.05) is 12.2 Å². The molecule has 0 fully saturated rings. The normalized spacial score (nSPS) is 18.3. The van der Waals surface area contributed by atoms with Gasteiger partial charge in [0.05, 0.1) is 7.11 Å². The third-order valence-corrected chi connectivity index (χ3v) is 3.78. The summed E-state index contributed by atoms with van der Waals surface area (Å²) in [6, 6.07) is 8.26. The number of carbonyl (C=O) groups is 1. The fourth-order valence-corrected chi connectivity index (χ4v) is 2.67. The lowest BCUT2D eigenvalue weighted by Gasteiger charge is -2.37. The Morgan fingerprint density at radius 2 is 2.16 bits per heavy atom. The molecule has 1 unspecified atom stereocenters. The number of methoxy groups -OCH3 is 1. The van der Waals surface area contributed by atoms with Crippen LogP contribution in [0.2, 0.25) is 0 Å². The number of esters is 1.